The van der Waals surface area contributed by atoms with Crippen LogP contribution >= 0.6 is 0 Å². The first-order valence-electron chi connectivity index (χ1n) is 6.25. The number of nitrogens with one attached hydrogen (secondary N) is 2. The molecule has 2 heterocycles. The first-order valence-corrected chi connectivity index (χ1v) is 6.25. The molecule has 104 valence electrons. The number of rotatable bonds is 2. The van der Waals surface area contributed by atoms with Crippen molar-refractivity contribution in [2.75, 3.05) is 6.79 Å². The number of benzene rings is 1. The Morgan fingerprint density at radius 1 is 1.30 bits per heavy atom. The molecule has 0 bridgehead atoms. The van der Waals surface area contributed by atoms with E-state index in [1.165, 1.54) is 6.92 Å². The highest BCUT2D eigenvalue weighted by atomic mass is 16.7. The van der Waals surface area contributed by atoms with E-state index in [9.17, 15) is 9.59 Å². The van der Waals surface area contributed by atoms with Gasteiger partial charge in [-0.1, -0.05) is 6.07 Å². The van der Waals surface area contributed by atoms with E-state index in [2.05, 4.69) is 10.6 Å². The molecule has 1 atom stereocenters. The first-order chi connectivity index (χ1) is 9.56. The van der Waals surface area contributed by atoms with Gasteiger partial charge in [-0.3, -0.25) is 4.79 Å². The molecular weight excluding hydrogens is 260 g/mol. The van der Waals surface area contributed by atoms with E-state index in [1.54, 1.807) is 19.1 Å². The quantitative estimate of drug-likeness (QED) is 0.859. The van der Waals surface area contributed by atoms with E-state index in [4.69, 9.17) is 9.47 Å². The number of Topliss-reactive ketones (excluding diaryl/α,β-unsaturated/α-hetero) is 1. The summed E-state index contributed by atoms with van der Waals surface area (Å²) in [6.07, 6.45) is 0. The Bertz CT molecular complexity index is 636. The fourth-order valence-electron chi connectivity index (χ4n) is 2.50. The number of hydrogen-bond acceptors (Lipinski definition) is 4. The Labute approximate surface area is 115 Å². The molecule has 1 aromatic carbocycles. The molecule has 0 fully saturated rings. The van der Waals surface area contributed by atoms with E-state index in [1.807, 2.05) is 6.07 Å². The maximum atomic E-state index is 11.8. The fourth-order valence-corrected chi connectivity index (χ4v) is 2.50. The number of amides is 2. The Kier molecular flexibility index (Phi) is 2.85. The largest absolute Gasteiger partial charge is 0.454 e. The van der Waals surface area contributed by atoms with Crippen molar-refractivity contribution >= 4 is 11.8 Å². The fraction of sp³-hybridized carbons (Fsp3) is 0.286. The third-order valence-electron chi connectivity index (χ3n) is 3.38. The second kappa shape index (κ2) is 4.56. The van der Waals surface area contributed by atoms with Crippen molar-refractivity contribution in [1.82, 2.24) is 10.6 Å². The Balaban J connectivity index is 2.05. The topological polar surface area (TPSA) is 76.7 Å². The maximum Gasteiger partial charge on any atom is 0.319 e. The summed E-state index contributed by atoms with van der Waals surface area (Å²) in [5.74, 6) is 1.20. The van der Waals surface area contributed by atoms with Crippen molar-refractivity contribution in [1.29, 1.82) is 0 Å². The first kappa shape index (κ1) is 12.5. The molecule has 2 amide bonds. The minimum atomic E-state index is -0.476. The lowest BCUT2D eigenvalue weighted by atomic mass is 9.93. The van der Waals surface area contributed by atoms with Gasteiger partial charge in [0.15, 0.2) is 17.3 Å². The average Bonchev–Trinajstić information content (AvgIpc) is 2.84. The molecule has 3 rings (SSSR count). The number of ether oxygens (including phenoxy) is 2. The van der Waals surface area contributed by atoms with Gasteiger partial charge in [-0.15, -0.1) is 0 Å². The number of hydrogen-bond donors (Lipinski definition) is 2. The van der Waals surface area contributed by atoms with Crippen LogP contribution in [0.4, 0.5) is 4.79 Å². The minimum Gasteiger partial charge on any atom is -0.454 e. The van der Waals surface area contributed by atoms with Gasteiger partial charge in [0.1, 0.15) is 0 Å². The minimum absolute atomic E-state index is 0.0855. The summed E-state index contributed by atoms with van der Waals surface area (Å²) < 4.78 is 10.6. The van der Waals surface area contributed by atoms with Crippen LogP contribution in [0.3, 0.4) is 0 Å². The molecule has 6 heteroatoms. The highest BCUT2D eigenvalue weighted by molar-refractivity contribution is 5.98. The highest BCUT2D eigenvalue weighted by Crippen LogP contribution is 2.36. The number of fused-ring (bicyclic) bond motifs is 1. The van der Waals surface area contributed by atoms with Crippen molar-refractivity contribution in [3.05, 3.63) is 35.0 Å². The van der Waals surface area contributed by atoms with Crippen molar-refractivity contribution < 1.29 is 19.1 Å². The Morgan fingerprint density at radius 2 is 2.05 bits per heavy atom. The molecule has 6 nitrogen and oxygen atoms in total. The molecule has 0 spiro atoms. The zero-order valence-corrected chi connectivity index (χ0v) is 11.1. The normalized spacial score (nSPS) is 20.5. The average molecular weight is 274 g/mol. The van der Waals surface area contributed by atoms with E-state index in [-0.39, 0.29) is 18.6 Å². The highest BCUT2D eigenvalue weighted by Gasteiger charge is 2.30. The zero-order chi connectivity index (χ0) is 14.3. The molecule has 0 aromatic heterocycles. The van der Waals surface area contributed by atoms with Crippen molar-refractivity contribution in [3.63, 3.8) is 0 Å². The Hall–Kier alpha value is -2.50. The van der Waals surface area contributed by atoms with Gasteiger partial charge in [0.05, 0.1) is 6.04 Å². The monoisotopic (exact) mass is 274 g/mol. The van der Waals surface area contributed by atoms with E-state index >= 15 is 0 Å². The molecule has 2 aliphatic rings. The number of ketones is 1. The van der Waals surface area contributed by atoms with Gasteiger partial charge < -0.3 is 20.1 Å². The number of urea groups is 1. The maximum absolute atomic E-state index is 11.8. The molecule has 0 radical (unpaired) electrons. The van der Waals surface area contributed by atoms with Crippen LogP contribution < -0.4 is 20.1 Å². The summed E-state index contributed by atoms with van der Waals surface area (Å²) in [4.78, 5) is 23.5. The number of allylic oxidation sites excluding steroid dienone is 1. The lowest BCUT2D eigenvalue weighted by molar-refractivity contribution is -0.114. The lowest BCUT2D eigenvalue weighted by Gasteiger charge is -2.28. The van der Waals surface area contributed by atoms with Gasteiger partial charge in [0.25, 0.3) is 0 Å². The molecule has 2 aliphatic heterocycles. The molecule has 20 heavy (non-hydrogen) atoms. The van der Waals surface area contributed by atoms with Crippen molar-refractivity contribution in [2.24, 2.45) is 0 Å². The summed E-state index contributed by atoms with van der Waals surface area (Å²) in [6.45, 7) is 3.39. The third-order valence-corrected chi connectivity index (χ3v) is 3.38. The summed E-state index contributed by atoms with van der Waals surface area (Å²) in [7, 11) is 0. The predicted molar refractivity (Wildman–Crippen MR) is 70.4 cm³/mol. The molecule has 0 unspecified atom stereocenters. The van der Waals surface area contributed by atoms with Crippen LogP contribution in [0.2, 0.25) is 0 Å². The molecule has 0 saturated carbocycles. The number of carbonyl (C=O) groups is 2. The van der Waals surface area contributed by atoms with Gasteiger partial charge >= 0.3 is 6.03 Å². The molecule has 1 aromatic rings. The predicted octanol–water partition coefficient (Wildman–Crippen LogP) is 1.63. The number of carbonyl (C=O) groups excluding carboxylic acids is 2. The van der Waals surface area contributed by atoms with Gasteiger partial charge in [-0.2, -0.15) is 0 Å². The summed E-state index contributed by atoms with van der Waals surface area (Å²) >= 11 is 0. The van der Waals surface area contributed by atoms with Crippen LogP contribution in [0.5, 0.6) is 11.5 Å². The van der Waals surface area contributed by atoms with Crippen LogP contribution in [-0.2, 0) is 4.79 Å². The third kappa shape index (κ3) is 1.99. The molecular formula is C14H14N2O4. The molecule has 2 N–H and O–H groups in total. The van der Waals surface area contributed by atoms with Gasteiger partial charge in [-0.05, 0) is 31.5 Å². The summed E-state index contributed by atoms with van der Waals surface area (Å²) in [5.41, 5.74) is 1.90. The van der Waals surface area contributed by atoms with Gasteiger partial charge in [0.2, 0.25) is 6.79 Å². The van der Waals surface area contributed by atoms with Crippen molar-refractivity contribution in [3.8, 4) is 11.5 Å². The standard InChI is InChI=1S/C14H14N2O4/c1-7-12(8(2)17)13(16-14(18)15-7)9-3-4-10-11(5-9)20-6-19-10/h3-5,13H,6H2,1-2H3,(H2,15,16,18)/t13-/m1/s1. The lowest BCUT2D eigenvalue weighted by Crippen LogP contribution is -2.44. The smallest absolute Gasteiger partial charge is 0.319 e. The van der Waals surface area contributed by atoms with E-state index in [0.717, 1.165) is 5.56 Å². The molecule has 0 saturated heterocycles. The van der Waals surface area contributed by atoms with E-state index < -0.39 is 6.04 Å². The summed E-state index contributed by atoms with van der Waals surface area (Å²) in [5, 5.41) is 5.38. The molecule has 0 aliphatic carbocycles. The van der Waals surface area contributed by atoms with Gasteiger partial charge in [-0.25, -0.2) is 4.79 Å². The van der Waals surface area contributed by atoms with Crippen LogP contribution in [-0.4, -0.2) is 18.6 Å². The second-order valence-corrected chi connectivity index (χ2v) is 4.74. The van der Waals surface area contributed by atoms with Crippen LogP contribution in [0.1, 0.15) is 25.5 Å². The summed E-state index contributed by atoms with van der Waals surface area (Å²) in [6, 6.07) is 4.58. The Morgan fingerprint density at radius 3 is 2.80 bits per heavy atom. The van der Waals surface area contributed by atoms with E-state index in [0.29, 0.717) is 22.8 Å². The zero-order valence-electron chi connectivity index (χ0n) is 11.1. The second-order valence-electron chi connectivity index (χ2n) is 4.74. The van der Waals surface area contributed by atoms with Crippen LogP contribution in [0.25, 0.3) is 0 Å². The SMILES string of the molecule is CC(=O)C1=C(C)NC(=O)N[C@@H]1c1ccc2c(c1)OCO2. The van der Waals surface area contributed by atoms with Crippen molar-refractivity contribution in [2.45, 2.75) is 19.9 Å². The van der Waals surface area contributed by atoms with Crippen LogP contribution in [0.15, 0.2) is 29.5 Å². The van der Waals surface area contributed by atoms with Crippen LogP contribution in [0, 0.1) is 0 Å². The van der Waals surface area contributed by atoms with Gasteiger partial charge in [0, 0.05) is 11.3 Å².